The topological polar surface area (TPSA) is 43.1 Å². The van der Waals surface area contributed by atoms with Gasteiger partial charge < -0.3 is 5.73 Å². The van der Waals surface area contributed by atoms with E-state index >= 15 is 0 Å². The summed E-state index contributed by atoms with van der Waals surface area (Å²) < 4.78 is 0. The standard InChI is InChI=1S/C17H25NO/c1-13(2)15-8-6-14(7-9-15)12-16(19)17(18)10-4-3-5-11-17/h6-9,13H,3-5,10-12,18H2,1-2H3. The lowest BCUT2D eigenvalue weighted by molar-refractivity contribution is -0.124. The summed E-state index contributed by atoms with van der Waals surface area (Å²) in [6.45, 7) is 4.36. The molecule has 1 aliphatic rings. The summed E-state index contributed by atoms with van der Waals surface area (Å²) in [7, 11) is 0. The fourth-order valence-corrected chi connectivity index (χ4v) is 2.84. The predicted octanol–water partition coefficient (Wildman–Crippen LogP) is 3.58. The van der Waals surface area contributed by atoms with Crippen LogP contribution in [0.4, 0.5) is 0 Å². The highest BCUT2D eigenvalue weighted by Gasteiger charge is 2.34. The minimum Gasteiger partial charge on any atom is -0.319 e. The number of ketones is 1. The minimum absolute atomic E-state index is 0.212. The maximum atomic E-state index is 12.4. The first-order valence-corrected chi connectivity index (χ1v) is 7.42. The quantitative estimate of drug-likeness (QED) is 0.898. The summed E-state index contributed by atoms with van der Waals surface area (Å²) in [4.78, 5) is 12.4. The molecule has 2 rings (SSSR count). The second-order valence-electron chi connectivity index (χ2n) is 6.21. The summed E-state index contributed by atoms with van der Waals surface area (Å²) in [5, 5.41) is 0. The van der Waals surface area contributed by atoms with Gasteiger partial charge in [-0.25, -0.2) is 0 Å². The number of benzene rings is 1. The van der Waals surface area contributed by atoms with Crippen LogP contribution in [0.2, 0.25) is 0 Å². The molecule has 104 valence electrons. The molecule has 0 spiro atoms. The molecule has 0 aromatic heterocycles. The first kappa shape index (κ1) is 14.3. The van der Waals surface area contributed by atoms with E-state index in [0.717, 1.165) is 31.2 Å². The zero-order valence-electron chi connectivity index (χ0n) is 12.1. The van der Waals surface area contributed by atoms with Crippen molar-refractivity contribution in [2.24, 2.45) is 5.73 Å². The Hall–Kier alpha value is -1.15. The lowest BCUT2D eigenvalue weighted by Crippen LogP contribution is -2.50. The fraction of sp³-hybridized carbons (Fsp3) is 0.588. The van der Waals surface area contributed by atoms with Gasteiger partial charge in [0.1, 0.15) is 0 Å². The average molecular weight is 259 g/mol. The maximum absolute atomic E-state index is 12.4. The van der Waals surface area contributed by atoms with E-state index in [9.17, 15) is 4.79 Å². The van der Waals surface area contributed by atoms with E-state index in [-0.39, 0.29) is 5.78 Å². The van der Waals surface area contributed by atoms with Gasteiger partial charge in [-0.05, 0) is 29.9 Å². The number of hydrogen-bond donors (Lipinski definition) is 1. The predicted molar refractivity (Wildman–Crippen MR) is 79.2 cm³/mol. The van der Waals surface area contributed by atoms with Gasteiger partial charge in [-0.15, -0.1) is 0 Å². The van der Waals surface area contributed by atoms with Crippen LogP contribution < -0.4 is 5.73 Å². The van der Waals surface area contributed by atoms with Crippen molar-refractivity contribution in [3.8, 4) is 0 Å². The first-order valence-electron chi connectivity index (χ1n) is 7.42. The second kappa shape index (κ2) is 5.87. The Morgan fingerprint density at radius 1 is 1.16 bits per heavy atom. The molecule has 0 amide bonds. The van der Waals surface area contributed by atoms with E-state index in [1.54, 1.807) is 0 Å². The van der Waals surface area contributed by atoms with Gasteiger partial charge in [0.15, 0.2) is 5.78 Å². The van der Waals surface area contributed by atoms with Crippen LogP contribution >= 0.6 is 0 Å². The van der Waals surface area contributed by atoms with Gasteiger partial charge >= 0.3 is 0 Å². The third-order valence-electron chi connectivity index (χ3n) is 4.31. The van der Waals surface area contributed by atoms with Gasteiger partial charge in [0.2, 0.25) is 0 Å². The Morgan fingerprint density at radius 3 is 2.26 bits per heavy atom. The smallest absolute Gasteiger partial charge is 0.156 e. The molecule has 0 unspecified atom stereocenters. The van der Waals surface area contributed by atoms with Crippen molar-refractivity contribution in [3.63, 3.8) is 0 Å². The van der Waals surface area contributed by atoms with Gasteiger partial charge in [-0.3, -0.25) is 4.79 Å². The third kappa shape index (κ3) is 3.44. The Morgan fingerprint density at radius 2 is 1.74 bits per heavy atom. The SMILES string of the molecule is CC(C)c1ccc(CC(=O)C2(N)CCCCC2)cc1. The van der Waals surface area contributed by atoms with E-state index in [0.29, 0.717) is 12.3 Å². The molecule has 1 fully saturated rings. The zero-order valence-corrected chi connectivity index (χ0v) is 12.1. The summed E-state index contributed by atoms with van der Waals surface area (Å²) in [6.07, 6.45) is 5.60. The molecular formula is C17H25NO. The number of Topliss-reactive ketones (excluding diaryl/α,β-unsaturated/α-hetero) is 1. The Balaban J connectivity index is 2.02. The number of carbonyl (C=O) groups is 1. The number of nitrogens with two attached hydrogens (primary N) is 1. The fourth-order valence-electron chi connectivity index (χ4n) is 2.84. The minimum atomic E-state index is -0.561. The Bertz CT molecular complexity index is 427. The molecule has 1 aromatic carbocycles. The van der Waals surface area contributed by atoms with Crippen molar-refractivity contribution in [1.29, 1.82) is 0 Å². The van der Waals surface area contributed by atoms with E-state index in [2.05, 4.69) is 38.1 Å². The molecule has 2 N–H and O–H groups in total. The zero-order chi connectivity index (χ0) is 13.9. The van der Waals surface area contributed by atoms with E-state index in [1.165, 1.54) is 12.0 Å². The normalized spacial score (nSPS) is 18.5. The maximum Gasteiger partial charge on any atom is 0.156 e. The van der Waals surface area contributed by atoms with E-state index < -0.39 is 5.54 Å². The highest BCUT2D eigenvalue weighted by atomic mass is 16.1. The van der Waals surface area contributed by atoms with Crippen LogP contribution in [0.25, 0.3) is 0 Å². The molecule has 1 aromatic rings. The summed E-state index contributed by atoms with van der Waals surface area (Å²) in [6, 6.07) is 8.38. The molecule has 0 atom stereocenters. The van der Waals surface area contributed by atoms with Gasteiger partial charge in [0.05, 0.1) is 5.54 Å². The van der Waals surface area contributed by atoms with Crippen molar-refractivity contribution in [3.05, 3.63) is 35.4 Å². The van der Waals surface area contributed by atoms with Crippen LogP contribution in [0.5, 0.6) is 0 Å². The van der Waals surface area contributed by atoms with Gasteiger partial charge in [0.25, 0.3) is 0 Å². The largest absolute Gasteiger partial charge is 0.319 e. The van der Waals surface area contributed by atoms with Crippen molar-refractivity contribution >= 4 is 5.78 Å². The molecule has 2 heteroatoms. The molecule has 0 heterocycles. The van der Waals surface area contributed by atoms with Gasteiger partial charge in [-0.1, -0.05) is 57.4 Å². The molecule has 19 heavy (non-hydrogen) atoms. The second-order valence-corrected chi connectivity index (χ2v) is 6.21. The molecule has 1 aliphatic carbocycles. The first-order chi connectivity index (χ1) is 9.01. The van der Waals surface area contributed by atoms with Crippen LogP contribution in [-0.4, -0.2) is 11.3 Å². The van der Waals surface area contributed by atoms with Crippen molar-refractivity contribution in [2.75, 3.05) is 0 Å². The third-order valence-corrected chi connectivity index (χ3v) is 4.31. The van der Waals surface area contributed by atoms with Crippen LogP contribution in [0.1, 0.15) is 63.0 Å². The Labute approximate surface area is 116 Å². The number of rotatable bonds is 4. The molecule has 0 bridgehead atoms. The van der Waals surface area contributed by atoms with Crippen LogP contribution in [0.3, 0.4) is 0 Å². The average Bonchev–Trinajstić information content (AvgIpc) is 2.40. The van der Waals surface area contributed by atoms with Crippen LogP contribution in [0.15, 0.2) is 24.3 Å². The Kier molecular flexibility index (Phi) is 4.41. The van der Waals surface area contributed by atoms with Gasteiger partial charge in [-0.2, -0.15) is 0 Å². The molecule has 0 saturated heterocycles. The summed E-state index contributed by atoms with van der Waals surface area (Å²) in [5.41, 5.74) is 8.12. The molecule has 0 aliphatic heterocycles. The van der Waals surface area contributed by atoms with Gasteiger partial charge in [0, 0.05) is 6.42 Å². The molecule has 2 nitrogen and oxygen atoms in total. The van der Waals surface area contributed by atoms with Crippen molar-refractivity contribution < 1.29 is 4.79 Å². The van der Waals surface area contributed by atoms with Crippen molar-refractivity contribution in [1.82, 2.24) is 0 Å². The lowest BCUT2D eigenvalue weighted by atomic mass is 9.78. The van der Waals surface area contributed by atoms with E-state index in [1.807, 2.05) is 0 Å². The highest BCUT2D eigenvalue weighted by molar-refractivity contribution is 5.90. The van der Waals surface area contributed by atoms with Crippen LogP contribution in [-0.2, 0) is 11.2 Å². The number of hydrogen-bond acceptors (Lipinski definition) is 2. The molecule has 0 radical (unpaired) electrons. The number of carbonyl (C=O) groups excluding carboxylic acids is 1. The summed E-state index contributed by atoms with van der Waals surface area (Å²) in [5.74, 6) is 0.744. The lowest BCUT2D eigenvalue weighted by Gasteiger charge is -2.31. The highest BCUT2D eigenvalue weighted by Crippen LogP contribution is 2.28. The van der Waals surface area contributed by atoms with Crippen molar-refractivity contribution in [2.45, 2.75) is 63.8 Å². The van der Waals surface area contributed by atoms with E-state index in [4.69, 9.17) is 5.73 Å². The summed E-state index contributed by atoms with van der Waals surface area (Å²) >= 11 is 0. The molecule has 1 saturated carbocycles. The molecular weight excluding hydrogens is 234 g/mol. The van der Waals surface area contributed by atoms with Crippen LogP contribution in [0, 0.1) is 0 Å². The monoisotopic (exact) mass is 259 g/mol.